The number of carbonyl (C=O) groups excluding carboxylic acids is 1. The number of carboxylic acids is 1. The molecule has 5 rings (SSSR count). The fourth-order valence-corrected chi connectivity index (χ4v) is 6.58. The number of aromatic nitrogens is 2. The van der Waals surface area contributed by atoms with Gasteiger partial charge in [-0.25, -0.2) is 9.37 Å². The van der Waals surface area contributed by atoms with Gasteiger partial charge in [0.1, 0.15) is 11.5 Å². The molecule has 0 bridgehead atoms. The van der Waals surface area contributed by atoms with Gasteiger partial charge in [0.2, 0.25) is 5.91 Å². The quantitative estimate of drug-likeness (QED) is 0.580. The molecule has 4 heterocycles. The third kappa shape index (κ3) is 3.70. The first-order valence-electron chi connectivity index (χ1n) is 11.2. The number of H-pyrrole nitrogens is 1. The summed E-state index contributed by atoms with van der Waals surface area (Å²) in [5.41, 5.74) is 1.21. The summed E-state index contributed by atoms with van der Waals surface area (Å²) in [5.74, 6) is -1.71. The monoisotopic (exact) mass is 455 g/mol. The molecular weight excluding hydrogens is 429 g/mol. The number of halogens is 1. The minimum Gasteiger partial charge on any atom is -0.481 e. The number of hydrogen-bond donors (Lipinski definition) is 2. The van der Waals surface area contributed by atoms with E-state index in [2.05, 4.69) is 9.97 Å². The van der Waals surface area contributed by atoms with Crippen molar-refractivity contribution in [3.05, 3.63) is 52.2 Å². The highest BCUT2D eigenvalue weighted by Gasteiger charge is 2.44. The first kappa shape index (κ1) is 21.1. The van der Waals surface area contributed by atoms with Gasteiger partial charge in [-0.05, 0) is 48.3 Å². The number of hydrogen-bond acceptors (Lipinski definition) is 4. The predicted molar refractivity (Wildman–Crippen MR) is 120 cm³/mol. The molecule has 3 aromatic heterocycles. The van der Waals surface area contributed by atoms with E-state index >= 15 is 0 Å². The zero-order valence-corrected chi connectivity index (χ0v) is 18.5. The predicted octanol–water partition coefficient (Wildman–Crippen LogP) is 4.78. The van der Waals surface area contributed by atoms with Crippen molar-refractivity contribution >= 4 is 34.2 Å². The minimum absolute atomic E-state index is 0.0165. The summed E-state index contributed by atoms with van der Waals surface area (Å²) in [4.78, 5) is 35.6. The lowest BCUT2D eigenvalue weighted by Gasteiger charge is -2.47. The molecule has 2 aliphatic rings. The van der Waals surface area contributed by atoms with Crippen LogP contribution < -0.4 is 0 Å². The van der Waals surface area contributed by atoms with Gasteiger partial charge in [-0.2, -0.15) is 0 Å². The summed E-state index contributed by atoms with van der Waals surface area (Å²) < 4.78 is 14.7. The Hall–Kier alpha value is -2.74. The molecule has 0 spiro atoms. The van der Waals surface area contributed by atoms with Crippen LogP contribution in [-0.4, -0.2) is 44.4 Å². The largest absolute Gasteiger partial charge is 0.481 e. The third-order valence-electron chi connectivity index (χ3n) is 7.21. The number of aromatic amines is 1. The summed E-state index contributed by atoms with van der Waals surface area (Å²) in [6.07, 6.45) is 7.67. The van der Waals surface area contributed by atoms with Crippen LogP contribution in [0.2, 0.25) is 0 Å². The Bertz CT molecular complexity index is 1130. The highest BCUT2D eigenvalue weighted by atomic mass is 32.1. The van der Waals surface area contributed by atoms with Crippen molar-refractivity contribution in [2.45, 2.75) is 50.5 Å². The van der Waals surface area contributed by atoms with Crippen LogP contribution in [0.3, 0.4) is 0 Å². The number of pyridine rings is 1. The minimum atomic E-state index is -0.743. The summed E-state index contributed by atoms with van der Waals surface area (Å²) in [6.45, 7) is 0.470. The lowest BCUT2D eigenvalue weighted by molar-refractivity contribution is -0.153. The molecule has 1 aliphatic heterocycles. The maximum absolute atomic E-state index is 14.7. The lowest BCUT2D eigenvalue weighted by atomic mass is 9.71. The van der Waals surface area contributed by atoms with Gasteiger partial charge in [0.05, 0.1) is 11.3 Å². The van der Waals surface area contributed by atoms with Gasteiger partial charge in [0, 0.05) is 42.2 Å². The number of likely N-dealkylation sites (tertiary alicyclic amines) is 1. The molecular formula is C24H26FN3O3S. The molecule has 6 nitrogen and oxygen atoms in total. The molecule has 1 amide bonds. The summed E-state index contributed by atoms with van der Waals surface area (Å²) in [6, 6.07) is 5.25. The van der Waals surface area contributed by atoms with E-state index in [1.54, 1.807) is 17.5 Å². The zero-order chi connectivity index (χ0) is 22.2. The molecule has 168 valence electrons. The van der Waals surface area contributed by atoms with Crippen molar-refractivity contribution in [3.8, 4) is 0 Å². The average molecular weight is 456 g/mol. The number of fused-ring (bicyclic) bond motifs is 2. The Morgan fingerprint density at radius 3 is 2.91 bits per heavy atom. The highest BCUT2D eigenvalue weighted by Crippen LogP contribution is 2.41. The first-order chi connectivity index (χ1) is 15.5. The molecule has 4 atom stereocenters. The second-order valence-corrected chi connectivity index (χ2v) is 9.85. The van der Waals surface area contributed by atoms with E-state index < -0.39 is 5.97 Å². The SMILES string of the molecule is O=C(O)C1CCN(C(=O)CC(c2cccs2)c2c[nH]c3nccc(F)c23)C2CCCCC12. The average Bonchev–Trinajstić information content (AvgIpc) is 3.47. The van der Waals surface area contributed by atoms with Crippen molar-refractivity contribution in [2.24, 2.45) is 11.8 Å². The lowest BCUT2D eigenvalue weighted by Crippen LogP contribution is -2.54. The van der Waals surface area contributed by atoms with Crippen LogP contribution >= 0.6 is 11.3 Å². The second kappa shape index (κ2) is 8.65. The van der Waals surface area contributed by atoms with Gasteiger partial charge in [-0.15, -0.1) is 11.3 Å². The maximum atomic E-state index is 14.7. The van der Waals surface area contributed by atoms with Crippen molar-refractivity contribution in [2.75, 3.05) is 6.54 Å². The second-order valence-electron chi connectivity index (χ2n) is 8.87. The third-order valence-corrected chi connectivity index (χ3v) is 8.20. The number of piperidine rings is 1. The van der Waals surface area contributed by atoms with Crippen LogP contribution in [0.15, 0.2) is 36.0 Å². The summed E-state index contributed by atoms with van der Waals surface area (Å²) >= 11 is 1.55. The van der Waals surface area contributed by atoms with E-state index in [9.17, 15) is 19.1 Å². The molecule has 32 heavy (non-hydrogen) atoms. The molecule has 3 aromatic rings. The van der Waals surface area contributed by atoms with Crippen LogP contribution in [0, 0.1) is 17.7 Å². The van der Waals surface area contributed by atoms with E-state index in [0.29, 0.717) is 24.0 Å². The van der Waals surface area contributed by atoms with Gasteiger partial charge in [-0.1, -0.05) is 18.9 Å². The van der Waals surface area contributed by atoms with Gasteiger partial charge in [0.15, 0.2) is 0 Å². The molecule has 4 unspecified atom stereocenters. The number of aliphatic carboxylic acids is 1. The van der Waals surface area contributed by atoms with Crippen molar-refractivity contribution in [1.82, 2.24) is 14.9 Å². The summed E-state index contributed by atoms with van der Waals surface area (Å²) in [5, 5.41) is 12.1. The Labute approximate surface area is 189 Å². The molecule has 2 N–H and O–H groups in total. The van der Waals surface area contributed by atoms with Gasteiger partial charge >= 0.3 is 5.97 Å². The zero-order valence-electron chi connectivity index (χ0n) is 17.7. The Morgan fingerprint density at radius 2 is 2.12 bits per heavy atom. The number of nitrogens with zero attached hydrogens (tertiary/aromatic N) is 2. The maximum Gasteiger partial charge on any atom is 0.306 e. The molecule has 8 heteroatoms. The smallest absolute Gasteiger partial charge is 0.306 e. The van der Waals surface area contributed by atoms with Crippen LogP contribution in [0.5, 0.6) is 0 Å². The highest BCUT2D eigenvalue weighted by molar-refractivity contribution is 7.10. The first-order valence-corrected chi connectivity index (χ1v) is 12.1. The number of carboxylic acid groups (broad SMARTS) is 1. The van der Waals surface area contributed by atoms with Gasteiger partial charge in [-0.3, -0.25) is 9.59 Å². The number of nitrogens with one attached hydrogen (secondary N) is 1. The molecule has 1 saturated carbocycles. The van der Waals surface area contributed by atoms with Crippen LogP contribution in [0.1, 0.15) is 54.9 Å². The van der Waals surface area contributed by atoms with Crippen molar-refractivity contribution in [1.29, 1.82) is 0 Å². The molecule has 1 aliphatic carbocycles. The van der Waals surface area contributed by atoms with Crippen molar-refractivity contribution < 1.29 is 19.1 Å². The summed E-state index contributed by atoms with van der Waals surface area (Å²) in [7, 11) is 0. The van der Waals surface area contributed by atoms with Crippen LogP contribution in [-0.2, 0) is 9.59 Å². The number of carbonyl (C=O) groups is 2. The van der Waals surface area contributed by atoms with Gasteiger partial charge < -0.3 is 15.0 Å². The Balaban J connectivity index is 1.46. The number of amides is 1. The Kier molecular flexibility index (Phi) is 5.71. The van der Waals surface area contributed by atoms with E-state index in [1.807, 2.05) is 22.4 Å². The Morgan fingerprint density at radius 1 is 1.28 bits per heavy atom. The topological polar surface area (TPSA) is 86.3 Å². The molecule has 1 saturated heterocycles. The molecule has 2 fully saturated rings. The fraction of sp³-hybridized carbons (Fsp3) is 0.458. The normalized spacial score (nSPS) is 24.3. The van der Waals surface area contributed by atoms with Gasteiger partial charge in [0.25, 0.3) is 0 Å². The van der Waals surface area contributed by atoms with E-state index in [4.69, 9.17) is 0 Å². The molecule has 0 aromatic carbocycles. The number of thiophene rings is 1. The van der Waals surface area contributed by atoms with Crippen LogP contribution in [0.4, 0.5) is 4.39 Å². The van der Waals surface area contributed by atoms with Crippen LogP contribution in [0.25, 0.3) is 11.0 Å². The number of rotatable bonds is 5. The van der Waals surface area contributed by atoms with E-state index in [-0.39, 0.29) is 41.9 Å². The molecule has 0 radical (unpaired) electrons. The standard InChI is InChI=1S/C24H26FN3O3S/c25-18-7-9-26-23-22(18)17(13-27-23)16(20-6-3-11-32-20)12-21(29)28-10-8-15(24(30)31)14-4-1-2-5-19(14)28/h3,6-7,9,11,13-16,19H,1-2,4-5,8,10,12H2,(H,26,27)(H,30,31). The van der Waals surface area contributed by atoms with E-state index in [1.165, 1.54) is 12.3 Å². The fourth-order valence-electron chi connectivity index (χ4n) is 5.73. The van der Waals surface area contributed by atoms with Crippen molar-refractivity contribution in [3.63, 3.8) is 0 Å². The van der Waals surface area contributed by atoms with E-state index in [0.717, 1.165) is 36.1 Å².